The molecule has 0 spiro atoms. The van der Waals surface area contributed by atoms with Crippen LogP contribution in [-0.2, 0) is 0 Å². The lowest BCUT2D eigenvalue weighted by atomic mass is 9.93. The number of carbonyl (C=O) groups is 1. The number of carbonyl (C=O) groups excluding carboxylic acids is 1. The summed E-state index contributed by atoms with van der Waals surface area (Å²) in [6, 6.07) is 5.28. The summed E-state index contributed by atoms with van der Waals surface area (Å²) in [4.78, 5) is 11.1. The van der Waals surface area contributed by atoms with E-state index >= 15 is 0 Å². The highest BCUT2D eigenvalue weighted by Gasteiger charge is 2.23. The molecule has 1 saturated carbocycles. The highest BCUT2D eigenvalue weighted by Crippen LogP contribution is 2.27. The average Bonchev–Trinajstić information content (AvgIpc) is 2.32. The Morgan fingerprint density at radius 3 is 2.67 bits per heavy atom. The zero-order valence-electron chi connectivity index (χ0n) is 10.1. The molecule has 5 heteroatoms. The van der Waals surface area contributed by atoms with Crippen molar-refractivity contribution in [3.63, 3.8) is 0 Å². The summed E-state index contributed by atoms with van der Waals surface area (Å²) < 4.78 is 6.53. The van der Waals surface area contributed by atoms with Gasteiger partial charge in [-0.25, -0.2) is 0 Å². The molecule has 0 radical (unpaired) electrons. The number of hydrogen-bond donors (Lipinski definition) is 2. The minimum absolute atomic E-state index is 0.0603. The Kier molecular flexibility index (Phi) is 4.24. The summed E-state index contributed by atoms with van der Waals surface area (Å²) in [7, 11) is 0. The molecule has 0 heterocycles. The van der Waals surface area contributed by atoms with Crippen molar-refractivity contribution in [2.24, 2.45) is 11.5 Å². The largest absolute Gasteiger partial charge is 0.489 e. The quantitative estimate of drug-likeness (QED) is 0.898. The SMILES string of the molecule is NC(=O)c1ccc(OC2CCCCC2N)cc1Br. The molecule has 98 valence electrons. The number of hydrogen-bond acceptors (Lipinski definition) is 3. The van der Waals surface area contributed by atoms with Crippen molar-refractivity contribution in [1.82, 2.24) is 0 Å². The monoisotopic (exact) mass is 312 g/mol. The predicted octanol–water partition coefficient (Wildman–Crippen LogP) is 2.20. The second kappa shape index (κ2) is 5.71. The van der Waals surface area contributed by atoms with E-state index in [1.807, 2.05) is 0 Å². The minimum atomic E-state index is -0.456. The van der Waals surface area contributed by atoms with Crippen molar-refractivity contribution >= 4 is 21.8 Å². The van der Waals surface area contributed by atoms with E-state index in [4.69, 9.17) is 16.2 Å². The van der Waals surface area contributed by atoms with Gasteiger partial charge in [-0.2, -0.15) is 0 Å². The molecule has 0 saturated heterocycles. The Morgan fingerprint density at radius 2 is 2.06 bits per heavy atom. The van der Waals surface area contributed by atoms with E-state index in [1.54, 1.807) is 18.2 Å². The molecular weight excluding hydrogens is 296 g/mol. The molecule has 2 rings (SSSR count). The number of benzene rings is 1. The van der Waals surface area contributed by atoms with E-state index in [-0.39, 0.29) is 12.1 Å². The first-order valence-electron chi connectivity index (χ1n) is 6.09. The maximum atomic E-state index is 11.1. The highest BCUT2D eigenvalue weighted by atomic mass is 79.9. The first-order valence-corrected chi connectivity index (χ1v) is 6.89. The Balaban J connectivity index is 2.10. The van der Waals surface area contributed by atoms with Crippen molar-refractivity contribution < 1.29 is 9.53 Å². The Hall–Kier alpha value is -1.07. The molecule has 1 aromatic rings. The van der Waals surface area contributed by atoms with Crippen LogP contribution in [0.5, 0.6) is 5.75 Å². The van der Waals surface area contributed by atoms with Crippen LogP contribution in [0.4, 0.5) is 0 Å². The van der Waals surface area contributed by atoms with E-state index in [2.05, 4.69) is 15.9 Å². The lowest BCUT2D eigenvalue weighted by molar-refractivity contribution is 0.0999. The molecule has 2 atom stereocenters. The van der Waals surface area contributed by atoms with E-state index in [1.165, 1.54) is 6.42 Å². The zero-order chi connectivity index (χ0) is 13.1. The van der Waals surface area contributed by atoms with Crippen molar-refractivity contribution in [3.8, 4) is 5.75 Å². The maximum absolute atomic E-state index is 11.1. The third-order valence-electron chi connectivity index (χ3n) is 3.25. The zero-order valence-corrected chi connectivity index (χ0v) is 11.7. The minimum Gasteiger partial charge on any atom is -0.489 e. The third kappa shape index (κ3) is 3.03. The number of amides is 1. The lowest BCUT2D eigenvalue weighted by Crippen LogP contribution is -2.41. The molecule has 1 fully saturated rings. The van der Waals surface area contributed by atoms with Crippen LogP contribution in [0.15, 0.2) is 22.7 Å². The van der Waals surface area contributed by atoms with Crippen molar-refractivity contribution in [3.05, 3.63) is 28.2 Å². The van der Waals surface area contributed by atoms with Gasteiger partial charge in [-0.15, -0.1) is 0 Å². The van der Waals surface area contributed by atoms with Gasteiger partial charge in [0.1, 0.15) is 11.9 Å². The van der Waals surface area contributed by atoms with Gasteiger partial charge in [0.25, 0.3) is 0 Å². The van der Waals surface area contributed by atoms with Crippen molar-refractivity contribution in [2.75, 3.05) is 0 Å². The van der Waals surface area contributed by atoms with Gasteiger partial charge in [-0.05, 0) is 53.4 Å². The van der Waals surface area contributed by atoms with Crippen molar-refractivity contribution in [2.45, 2.75) is 37.8 Å². The normalized spacial score (nSPS) is 23.7. The van der Waals surface area contributed by atoms with E-state index in [0.717, 1.165) is 19.3 Å². The van der Waals surface area contributed by atoms with Gasteiger partial charge in [0, 0.05) is 10.5 Å². The van der Waals surface area contributed by atoms with Gasteiger partial charge in [0.15, 0.2) is 0 Å². The van der Waals surface area contributed by atoms with E-state index in [0.29, 0.717) is 15.8 Å². The molecule has 1 aliphatic rings. The summed E-state index contributed by atoms with van der Waals surface area (Å²) in [6.07, 6.45) is 4.37. The molecule has 18 heavy (non-hydrogen) atoms. The first kappa shape index (κ1) is 13.4. The first-order chi connectivity index (χ1) is 8.58. The van der Waals surface area contributed by atoms with Crippen LogP contribution in [-0.4, -0.2) is 18.1 Å². The Bertz CT molecular complexity index is 451. The summed E-state index contributed by atoms with van der Waals surface area (Å²) in [6.45, 7) is 0. The van der Waals surface area contributed by atoms with Gasteiger partial charge in [-0.3, -0.25) is 4.79 Å². The Morgan fingerprint density at radius 1 is 1.33 bits per heavy atom. The fraction of sp³-hybridized carbons (Fsp3) is 0.462. The average molecular weight is 313 g/mol. The molecule has 4 N–H and O–H groups in total. The van der Waals surface area contributed by atoms with Crippen molar-refractivity contribution in [1.29, 1.82) is 0 Å². The molecule has 0 aliphatic heterocycles. The van der Waals surface area contributed by atoms with Crippen LogP contribution in [0.2, 0.25) is 0 Å². The molecule has 0 aromatic heterocycles. The smallest absolute Gasteiger partial charge is 0.249 e. The summed E-state index contributed by atoms with van der Waals surface area (Å²) in [5, 5.41) is 0. The lowest BCUT2D eigenvalue weighted by Gasteiger charge is -2.29. The molecule has 1 aromatic carbocycles. The fourth-order valence-electron chi connectivity index (χ4n) is 2.22. The van der Waals surface area contributed by atoms with E-state index in [9.17, 15) is 4.79 Å². The van der Waals surface area contributed by atoms with Gasteiger partial charge < -0.3 is 16.2 Å². The molecular formula is C13H17BrN2O2. The number of ether oxygens (including phenoxy) is 1. The van der Waals surface area contributed by atoms with Crippen LogP contribution in [0.3, 0.4) is 0 Å². The van der Waals surface area contributed by atoms with Crippen LogP contribution in [0.1, 0.15) is 36.0 Å². The van der Waals surface area contributed by atoms with E-state index < -0.39 is 5.91 Å². The van der Waals surface area contributed by atoms with Gasteiger partial charge in [-0.1, -0.05) is 6.42 Å². The highest BCUT2D eigenvalue weighted by molar-refractivity contribution is 9.10. The summed E-state index contributed by atoms with van der Waals surface area (Å²) in [5.41, 5.74) is 11.7. The molecule has 1 amide bonds. The van der Waals surface area contributed by atoms with Crippen LogP contribution < -0.4 is 16.2 Å². The second-order valence-electron chi connectivity index (χ2n) is 4.61. The van der Waals surface area contributed by atoms with Gasteiger partial charge in [0.05, 0.1) is 5.56 Å². The van der Waals surface area contributed by atoms with Gasteiger partial charge in [0.2, 0.25) is 5.91 Å². The second-order valence-corrected chi connectivity index (χ2v) is 5.46. The summed E-state index contributed by atoms with van der Waals surface area (Å²) in [5.74, 6) is 0.261. The fourth-order valence-corrected chi connectivity index (χ4v) is 2.77. The number of halogens is 1. The maximum Gasteiger partial charge on any atom is 0.249 e. The van der Waals surface area contributed by atoms with Crippen LogP contribution in [0.25, 0.3) is 0 Å². The molecule has 0 bridgehead atoms. The molecule has 4 nitrogen and oxygen atoms in total. The number of rotatable bonds is 3. The standard InChI is InChI=1S/C13H17BrN2O2/c14-10-7-8(5-6-9(10)13(16)17)18-12-4-2-1-3-11(12)15/h5-7,11-12H,1-4,15H2,(H2,16,17). The Labute approximate surface area is 115 Å². The molecule has 1 aliphatic carbocycles. The van der Waals surface area contributed by atoms with Crippen LogP contribution >= 0.6 is 15.9 Å². The summed E-state index contributed by atoms with van der Waals surface area (Å²) >= 11 is 3.32. The third-order valence-corrected chi connectivity index (χ3v) is 3.90. The topological polar surface area (TPSA) is 78.3 Å². The molecule has 2 unspecified atom stereocenters. The van der Waals surface area contributed by atoms with Gasteiger partial charge >= 0.3 is 0 Å². The number of primary amides is 1. The number of nitrogens with two attached hydrogens (primary N) is 2. The predicted molar refractivity (Wildman–Crippen MR) is 73.5 cm³/mol. The van der Waals surface area contributed by atoms with Crippen LogP contribution in [0, 0.1) is 0 Å².